The first-order chi connectivity index (χ1) is 11.6. The fraction of sp³-hybridized carbons (Fsp3) is 0.294. The van der Waals surface area contributed by atoms with Crippen LogP contribution in [0, 0.1) is 10.1 Å². The van der Waals surface area contributed by atoms with Crippen LogP contribution in [0.3, 0.4) is 0 Å². The maximum absolute atomic E-state index is 12.4. The maximum atomic E-state index is 12.4. The first-order valence-corrected chi connectivity index (χ1v) is 7.78. The molecule has 1 aromatic heterocycles. The Labute approximate surface area is 139 Å². The van der Waals surface area contributed by atoms with Gasteiger partial charge in [-0.1, -0.05) is 12.1 Å². The van der Waals surface area contributed by atoms with Crippen molar-refractivity contribution in [3.05, 3.63) is 70.0 Å². The molecular weight excluding hydrogens is 308 g/mol. The number of nitro benzene ring substituents is 1. The number of pyridine rings is 1. The SMILES string of the molecule is O=C(c1ccncc1)N1CCN(Cc2cccc([N+](=O)[O-])c2)CC1. The molecule has 1 aliphatic rings. The lowest BCUT2D eigenvalue weighted by molar-refractivity contribution is -0.384. The van der Waals surface area contributed by atoms with Crippen LogP contribution in [-0.4, -0.2) is 51.8 Å². The summed E-state index contributed by atoms with van der Waals surface area (Å²) in [5, 5.41) is 10.8. The molecule has 1 aromatic carbocycles. The van der Waals surface area contributed by atoms with Gasteiger partial charge in [0, 0.05) is 62.8 Å². The normalized spacial score (nSPS) is 15.2. The maximum Gasteiger partial charge on any atom is 0.269 e. The molecule has 24 heavy (non-hydrogen) atoms. The molecule has 1 saturated heterocycles. The summed E-state index contributed by atoms with van der Waals surface area (Å²) in [4.78, 5) is 30.8. The molecule has 0 N–H and O–H groups in total. The Kier molecular flexibility index (Phi) is 4.81. The summed E-state index contributed by atoms with van der Waals surface area (Å²) in [6, 6.07) is 10.1. The van der Waals surface area contributed by atoms with Crippen LogP contribution in [0.1, 0.15) is 15.9 Å². The molecule has 124 valence electrons. The number of rotatable bonds is 4. The van der Waals surface area contributed by atoms with E-state index in [0.717, 1.165) is 18.7 Å². The summed E-state index contributed by atoms with van der Waals surface area (Å²) in [7, 11) is 0. The third-order valence-corrected chi connectivity index (χ3v) is 4.11. The van der Waals surface area contributed by atoms with E-state index in [2.05, 4.69) is 9.88 Å². The molecular formula is C17H18N4O3. The molecule has 0 unspecified atom stereocenters. The van der Waals surface area contributed by atoms with Crippen molar-refractivity contribution in [3.63, 3.8) is 0 Å². The number of amides is 1. The highest BCUT2D eigenvalue weighted by Gasteiger charge is 2.22. The molecule has 7 nitrogen and oxygen atoms in total. The third kappa shape index (κ3) is 3.75. The highest BCUT2D eigenvalue weighted by molar-refractivity contribution is 5.94. The van der Waals surface area contributed by atoms with Gasteiger partial charge in [-0.2, -0.15) is 0 Å². The summed E-state index contributed by atoms with van der Waals surface area (Å²) in [5.74, 6) is 0.0207. The van der Waals surface area contributed by atoms with Crippen molar-refractivity contribution in [1.82, 2.24) is 14.8 Å². The molecule has 1 fully saturated rings. The smallest absolute Gasteiger partial charge is 0.269 e. The van der Waals surface area contributed by atoms with E-state index in [1.54, 1.807) is 36.7 Å². The zero-order valence-corrected chi connectivity index (χ0v) is 13.2. The fourth-order valence-electron chi connectivity index (χ4n) is 2.81. The molecule has 7 heteroatoms. The number of carbonyl (C=O) groups is 1. The van der Waals surface area contributed by atoms with Gasteiger partial charge in [0.25, 0.3) is 11.6 Å². The predicted octanol–water partition coefficient (Wildman–Crippen LogP) is 1.95. The number of piperazine rings is 1. The topological polar surface area (TPSA) is 79.6 Å². The van der Waals surface area contributed by atoms with Gasteiger partial charge in [-0.25, -0.2) is 0 Å². The van der Waals surface area contributed by atoms with Gasteiger partial charge >= 0.3 is 0 Å². The molecule has 0 saturated carbocycles. The van der Waals surface area contributed by atoms with Crippen molar-refractivity contribution in [2.75, 3.05) is 26.2 Å². The van der Waals surface area contributed by atoms with Crippen molar-refractivity contribution in [2.24, 2.45) is 0 Å². The average Bonchev–Trinajstić information content (AvgIpc) is 2.63. The average molecular weight is 326 g/mol. The number of hydrogen-bond donors (Lipinski definition) is 0. The van der Waals surface area contributed by atoms with Gasteiger partial charge in [0.05, 0.1) is 4.92 Å². The number of nitrogens with zero attached hydrogens (tertiary/aromatic N) is 4. The summed E-state index contributed by atoms with van der Waals surface area (Å²) >= 11 is 0. The Bertz CT molecular complexity index is 728. The number of benzene rings is 1. The fourth-order valence-corrected chi connectivity index (χ4v) is 2.81. The zero-order chi connectivity index (χ0) is 16.9. The van der Waals surface area contributed by atoms with Crippen molar-refractivity contribution in [3.8, 4) is 0 Å². The Morgan fingerprint density at radius 2 is 1.83 bits per heavy atom. The van der Waals surface area contributed by atoms with E-state index in [4.69, 9.17) is 0 Å². The lowest BCUT2D eigenvalue weighted by atomic mass is 10.1. The van der Waals surface area contributed by atoms with E-state index in [1.165, 1.54) is 6.07 Å². The van der Waals surface area contributed by atoms with E-state index in [-0.39, 0.29) is 16.5 Å². The Morgan fingerprint density at radius 1 is 1.12 bits per heavy atom. The van der Waals surface area contributed by atoms with Crippen LogP contribution in [0.2, 0.25) is 0 Å². The van der Waals surface area contributed by atoms with Crippen LogP contribution in [0.15, 0.2) is 48.8 Å². The molecule has 0 atom stereocenters. The minimum atomic E-state index is -0.380. The third-order valence-electron chi connectivity index (χ3n) is 4.11. The minimum absolute atomic E-state index is 0.0207. The number of hydrogen-bond acceptors (Lipinski definition) is 5. The summed E-state index contributed by atoms with van der Waals surface area (Å²) in [6.45, 7) is 3.45. The van der Waals surface area contributed by atoms with E-state index in [1.807, 2.05) is 11.0 Å². The summed E-state index contributed by atoms with van der Waals surface area (Å²) in [5.41, 5.74) is 1.68. The van der Waals surface area contributed by atoms with E-state index in [9.17, 15) is 14.9 Å². The standard InChI is InChI=1S/C17H18N4O3/c22-17(15-4-6-18-7-5-15)20-10-8-19(9-11-20)13-14-2-1-3-16(12-14)21(23)24/h1-7,12H,8-11,13H2. The Hall–Kier alpha value is -2.80. The van der Waals surface area contributed by atoms with Crippen LogP contribution in [0.5, 0.6) is 0 Å². The van der Waals surface area contributed by atoms with Gasteiger partial charge in [-0.3, -0.25) is 24.8 Å². The van der Waals surface area contributed by atoms with Crippen molar-refractivity contribution < 1.29 is 9.72 Å². The second-order valence-corrected chi connectivity index (χ2v) is 5.73. The molecule has 0 spiro atoms. The molecule has 0 bridgehead atoms. The Morgan fingerprint density at radius 3 is 2.50 bits per heavy atom. The van der Waals surface area contributed by atoms with Gasteiger partial charge in [-0.15, -0.1) is 0 Å². The van der Waals surface area contributed by atoms with Crippen LogP contribution in [-0.2, 0) is 6.54 Å². The first-order valence-electron chi connectivity index (χ1n) is 7.78. The highest BCUT2D eigenvalue weighted by Crippen LogP contribution is 2.16. The van der Waals surface area contributed by atoms with E-state index >= 15 is 0 Å². The van der Waals surface area contributed by atoms with E-state index in [0.29, 0.717) is 25.2 Å². The van der Waals surface area contributed by atoms with Gasteiger partial charge < -0.3 is 4.90 Å². The molecule has 0 aliphatic carbocycles. The monoisotopic (exact) mass is 326 g/mol. The lowest BCUT2D eigenvalue weighted by Gasteiger charge is -2.34. The summed E-state index contributed by atoms with van der Waals surface area (Å²) < 4.78 is 0. The van der Waals surface area contributed by atoms with Crippen LogP contribution < -0.4 is 0 Å². The zero-order valence-electron chi connectivity index (χ0n) is 13.2. The van der Waals surface area contributed by atoms with Crippen molar-refractivity contribution in [2.45, 2.75) is 6.54 Å². The van der Waals surface area contributed by atoms with Gasteiger partial charge in [0.15, 0.2) is 0 Å². The predicted molar refractivity (Wildman–Crippen MR) is 88.5 cm³/mol. The lowest BCUT2D eigenvalue weighted by Crippen LogP contribution is -2.48. The van der Waals surface area contributed by atoms with E-state index < -0.39 is 0 Å². The molecule has 2 aromatic rings. The molecule has 2 heterocycles. The second kappa shape index (κ2) is 7.18. The highest BCUT2D eigenvalue weighted by atomic mass is 16.6. The molecule has 3 rings (SSSR count). The first kappa shape index (κ1) is 16.1. The Balaban J connectivity index is 1.56. The number of nitro groups is 1. The van der Waals surface area contributed by atoms with Crippen molar-refractivity contribution in [1.29, 1.82) is 0 Å². The minimum Gasteiger partial charge on any atom is -0.336 e. The second-order valence-electron chi connectivity index (χ2n) is 5.73. The molecule has 0 radical (unpaired) electrons. The molecule has 1 amide bonds. The number of non-ortho nitro benzene ring substituents is 1. The van der Waals surface area contributed by atoms with Crippen LogP contribution >= 0.6 is 0 Å². The quantitative estimate of drug-likeness (QED) is 0.634. The van der Waals surface area contributed by atoms with Gasteiger partial charge in [0.1, 0.15) is 0 Å². The van der Waals surface area contributed by atoms with Crippen LogP contribution in [0.4, 0.5) is 5.69 Å². The number of aromatic nitrogens is 1. The van der Waals surface area contributed by atoms with Gasteiger partial charge in [0.2, 0.25) is 0 Å². The largest absolute Gasteiger partial charge is 0.336 e. The van der Waals surface area contributed by atoms with Crippen molar-refractivity contribution >= 4 is 11.6 Å². The summed E-state index contributed by atoms with van der Waals surface area (Å²) in [6.07, 6.45) is 3.23. The molecule has 1 aliphatic heterocycles. The number of carbonyl (C=O) groups excluding carboxylic acids is 1. The van der Waals surface area contributed by atoms with Gasteiger partial charge in [-0.05, 0) is 17.7 Å². The van der Waals surface area contributed by atoms with Crippen LogP contribution in [0.25, 0.3) is 0 Å².